The van der Waals surface area contributed by atoms with E-state index in [1.807, 2.05) is 0 Å². The van der Waals surface area contributed by atoms with Crippen molar-refractivity contribution in [1.82, 2.24) is 26.6 Å². The third-order valence-corrected chi connectivity index (χ3v) is 5.93. The van der Waals surface area contributed by atoms with Crippen LogP contribution in [0.25, 0.3) is 0 Å². The molecule has 0 rings (SSSR count). The van der Waals surface area contributed by atoms with Gasteiger partial charge in [0.25, 0.3) is 0 Å². The average molecular weight is 563 g/mol. The molecule has 0 fully saturated rings. The van der Waals surface area contributed by atoms with Crippen molar-refractivity contribution in [2.45, 2.75) is 45.6 Å². The maximum absolute atomic E-state index is 12.5. The molecule has 0 radical (unpaired) electrons. The molecule has 1 atom stereocenters. The molecule has 0 saturated carbocycles. The standard InChI is InChI=1S/C22H38N6O9S/c1-22(2,21(36)37)20(35)27-12-16(30)25-9-10-26-19(34)14(4-5-18(32)33)28-15(29)6-11-38-13-17(31)24-8-3-7-23/h14H,3-13,23H2,1-2H3,(H,24,31)(H,25,30)(H,26,34)(H,27,35)(H,28,29)(H,32,33)(H,36,37)/t14-/m0/s1. The van der Waals surface area contributed by atoms with Gasteiger partial charge in [-0.15, -0.1) is 0 Å². The van der Waals surface area contributed by atoms with E-state index >= 15 is 0 Å². The van der Waals surface area contributed by atoms with E-state index in [0.717, 1.165) is 0 Å². The number of carbonyl (C=O) groups is 7. The molecule has 0 spiro atoms. The topological polar surface area (TPSA) is 246 Å². The van der Waals surface area contributed by atoms with Gasteiger partial charge in [-0.25, -0.2) is 0 Å². The Hall–Kier alpha value is -3.40. The third-order valence-electron chi connectivity index (χ3n) is 4.97. The highest BCUT2D eigenvalue weighted by Crippen LogP contribution is 2.14. The first kappa shape index (κ1) is 34.6. The molecule has 15 nitrogen and oxygen atoms in total. The molecular formula is C22H38N6O9S. The number of carboxylic acid groups (broad SMARTS) is 2. The van der Waals surface area contributed by atoms with Gasteiger partial charge in [0.1, 0.15) is 11.5 Å². The fraction of sp³-hybridized carbons (Fsp3) is 0.682. The second-order valence-corrected chi connectivity index (χ2v) is 9.71. The second kappa shape index (κ2) is 18.8. The van der Waals surface area contributed by atoms with Crippen LogP contribution in [0.15, 0.2) is 0 Å². The average Bonchev–Trinajstić information content (AvgIpc) is 2.85. The largest absolute Gasteiger partial charge is 0.481 e. The summed E-state index contributed by atoms with van der Waals surface area (Å²) < 4.78 is 0. The molecule has 0 aliphatic heterocycles. The van der Waals surface area contributed by atoms with Crippen molar-refractivity contribution in [2.75, 3.05) is 44.2 Å². The van der Waals surface area contributed by atoms with Gasteiger partial charge in [-0.2, -0.15) is 11.8 Å². The highest BCUT2D eigenvalue weighted by atomic mass is 32.2. The van der Waals surface area contributed by atoms with Crippen LogP contribution in [0.2, 0.25) is 0 Å². The lowest BCUT2D eigenvalue weighted by atomic mass is 9.93. The first-order valence-electron chi connectivity index (χ1n) is 11.9. The van der Waals surface area contributed by atoms with Gasteiger partial charge in [-0.05, 0) is 33.2 Å². The lowest BCUT2D eigenvalue weighted by molar-refractivity contribution is -0.153. The predicted octanol–water partition coefficient (Wildman–Crippen LogP) is -2.62. The van der Waals surface area contributed by atoms with Crippen LogP contribution in [0.3, 0.4) is 0 Å². The molecule has 0 aromatic carbocycles. The van der Waals surface area contributed by atoms with Crippen molar-refractivity contribution in [3.63, 3.8) is 0 Å². The number of carbonyl (C=O) groups excluding carboxylic acids is 5. The predicted molar refractivity (Wildman–Crippen MR) is 138 cm³/mol. The van der Waals surface area contributed by atoms with Gasteiger partial charge >= 0.3 is 11.9 Å². The molecule has 38 heavy (non-hydrogen) atoms. The molecule has 0 aliphatic carbocycles. The molecular weight excluding hydrogens is 524 g/mol. The smallest absolute Gasteiger partial charge is 0.318 e. The van der Waals surface area contributed by atoms with Gasteiger partial charge in [-0.3, -0.25) is 33.6 Å². The molecule has 0 saturated heterocycles. The van der Waals surface area contributed by atoms with Gasteiger partial charge in [0.2, 0.25) is 29.5 Å². The lowest BCUT2D eigenvalue weighted by Gasteiger charge is -2.19. The molecule has 0 aromatic heterocycles. The minimum atomic E-state index is -1.71. The summed E-state index contributed by atoms with van der Waals surface area (Å²) in [5.41, 5.74) is 3.64. The monoisotopic (exact) mass is 562 g/mol. The Bertz CT molecular complexity index is 853. The maximum atomic E-state index is 12.5. The fourth-order valence-corrected chi connectivity index (χ4v) is 3.33. The van der Waals surface area contributed by atoms with Crippen molar-refractivity contribution >= 4 is 53.2 Å². The zero-order chi connectivity index (χ0) is 29.1. The molecule has 0 bridgehead atoms. The molecule has 9 N–H and O–H groups in total. The zero-order valence-corrected chi connectivity index (χ0v) is 22.4. The molecule has 5 amide bonds. The first-order valence-corrected chi connectivity index (χ1v) is 13.1. The van der Waals surface area contributed by atoms with Crippen LogP contribution in [0, 0.1) is 5.41 Å². The van der Waals surface area contributed by atoms with Gasteiger partial charge in [-0.1, -0.05) is 0 Å². The van der Waals surface area contributed by atoms with Crippen molar-refractivity contribution in [2.24, 2.45) is 11.1 Å². The SMILES string of the molecule is CC(C)(C(=O)O)C(=O)NCC(=O)NCCNC(=O)[C@H](CCC(=O)O)NC(=O)CCSCC(=O)NCCCN. The molecule has 0 heterocycles. The Morgan fingerprint density at radius 2 is 1.47 bits per heavy atom. The molecule has 16 heteroatoms. The number of nitrogens with one attached hydrogen (secondary N) is 5. The van der Waals surface area contributed by atoms with E-state index in [2.05, 4.69) is 26.6 Å². The van der Waals surface area contributed by atoms with Crippen LogP contribution in [0.5, 0.6) is 0 Å². The van der Waals surface area contributed by atoms with E-state index in [1.165, 1.54) is 25.6 Å². The zero-order valence-electron chi connectivity index (χ0n) is 21.6. The highest BCUT2D eigenvalue weighted by molar-refractivity contribution is 7.99. The number of thioether (sulfide) groups is 1. The summed E-state index contributed by atoms with van der Waals surface area (Å²) in [7, 11) is 0. The van der Waals surface area contributed by atoms with E-state index in [0.29, 0.717) is 25.3 Å². The summed E-state index contributed by atoms with van der Waals surface area (Å²) in [4.78, 5) is 81.9. The van der Waals surface area contributed by atoms with E-state index in [9.17, 15) is 33.6 Å². The van der Waals surface area contributed by atoms with Crippen LogP contribution in [0.4, 0.5) is 0 Å². The quantitative estimate of drug-likeness (QED) is 0.0564. The van der Waals surface area contributed by atoms with Crippen molar-refractivity contribution in [1.29, 1.82) is 0 Å². The third kappa shape index (κ3) is 15.7. The Balaban J connectivity index is 4.45. The summed E-state index contributed by atoms with van der Waals surface area (Å²) in [5.74, 6) is -4.78. The first-order chi connectivity index (χ1) is 17.8. The van der Waals surface area contributed by atoms with E-state index < -0.39 is 53.6 Å². The Morgan fingerprint density at radius 1 is 0.842 bits per heavy atom. The molecule has 0 aliphatic rings. The normalized spacial score (nSPS) is 11.6. The summed E-state index contributed by atoms with van der Waals surface area (Å²) in [6.45, 7) is 2.78. The summed E-state index contributed by atoms with van der Waals surface area (Å²) in [5, 5.41) is 30.2. The number of nitrogens with two attached hydrogens (primary N) is 1. The van der Waals surface area contributed by atoms with E-state index in [1.54, 1.807) is 0 Å². The van der Waals surface area contributed by atoms with Crippen LogP contribution in [-0.2, 0) is 33.6 Å². The number of amides is 5. The second-order valence-electron chi connectivity index (χ2n) is 8.60. The van der Waals surface area contributed by atoms with Crippen LogP contribution in [-0.4, -0.2) is 102 Å². The lowest BCUT2D eigenvalue weighted by Crippen LogP contribution is -2.49. The van der Waals surface area contributed by atoms with Crippen LogP contribution >= 0.6 is 11.8 Å². The number of aliphatic carboxylic acids is 2. The maximum Gasteiger partial charge on any atom is 0.318 e. The Kier molecular flexibility index (Phi) is 17.1. The van der Waals surface area contributed by atoms with Crippen molar-refractivity contribution in [3.05, 3.63) is 0 Å². The van der Waals surface area contributed by atoms with Crippen molar-refractivity contribution < 1.29 is 43.8 Å². The molecule has 0 aromatic rings. The van der Waals surface area contributed by atoms with Gasteiger partial charge in [0.05, 0.1) is 12.3 Å². The minimum absolute atomic E-state index is 0.0120. The van der Waals surface area contributed by atoms with E-state index in [-0.39, 0.29) is 44.0 Å². The van der Waals surface area contributed by atoms with Gasteiger partial charge in [0.15, 0.2) is 0 Å². The number of rotatable bonds is 20. The Labute approximate surface area is 224 Å². The summed E-state index contributed by atoms with van der Waals surface area (Å²) in [6.07, 6.45) is 0.162. The number of hydrogen-bond acceptors (Lipinski definition) is 9. The van der Waals surface area contributed by atoms with Crippen LogP contribution in [0.1, 0.15) is 39.5 Å². The minimum Gasteiger partial charge on any atom is -0.481 e. The van der Waals surface area contributed by atoms with Crippen molar-refractivity contribution in [3.8, 4) is 0 Å². The summed E-state index contributed by atoms with van der Waals surface area (Å²) in [6, 6.07) is -1.11. The van der Waals surface area contributed by atoms with Crippen LogP contribution < -0.4 is 32.3 Å². The van der Waals surface area contributed by atoms with Gasteiger partial charge < -0.3 is 42.5 Å². The number of carboxylic acids is 2. The Morgan fingerprint density at radius 3 is 2.08 bits per heavy atom. The summed E-state index contributed by atoms with van der Waals surface area (Å²) >= 11 is 1.24. The van der Waals surface area contributed by atoms with Gasteiger partial charge in [0, 0.05) is 38.2 Å². The number of hydrogen-bond donors (Lipinski definition) is 8. The fourth-order valence-electron chi connectivity index (χ4n) is 2.57. The highest BCUT2D eigenvalue weighted by Gasteiger charge is 2.36. The molecule has 216 valence electrons. The van der Waals surface area contributed by atoms with E-state index in [4.69, 9.17) is 15.9 Å². The molecule has 0 unspecified atom stereocenters.